The molecule has 2 atom stereocenters. The number of ether oxygens (including phenoxy) is 2. The number of carbonyl (C=O) groups is 1. The summed E-state index contributed by atoms with van der Waals surface area (Å²) in [7, 11) is -5.01. The zero-order chi connectivity index (χ0) is 23.8. The minimum Gasteiger partial charge on any atom is -0.490 e. The second kappa shape index (κ2) is 16.5. The van der Waals surface area contributed by atoms with Gasteiger partial charge in [0.2, 0.25) is 0 Å². The molecular formula is C22H41O9P. The van der Waals surface area contributed by atoms with Crippen LogP contribution in [-0.2, 0) is 23.4 Å². The molecule has 0 amide bonds. The van der Waals surface area contributed by atoms with Crippen molar-refractivity contribution in [1.29, 1.82) is 0 Å². The molecule has 0 aromatic heterocycles. The molecule has 0 fully saturated rings. The van der Waals surface area contributed by atoms with Crippen LogP contribution in [0.5, 0.6) is 0 Å². The van der Waals surface area contributed by atoms with E-state index < -0.39 is 38.4 Å². The van der Waals surface area contributed by atoms with Crippen molar-refractivity contribution in [3.05, 3.63) is 11.5 Å². The fraction of sp³-hybridized carbons (Fsp3) is 0.864. The van der Waals surface area contributed by atoms with Gasteiger partial charge in [-0.2, -0.15) is 0 Å². The number of phosphoric acid groups is 1. The first-order valence-corrected chi connectivity index (χ1v) is 13.4. The van der Waals surface area contributed by atoms with Crippen LogP contribution < -0.4 is 0 Å². The maximum Gasteiger partial charge on any atom is 0.525 e. The van der Waals surface area contributed by atoms with E-state index in [0.29, 0.717) is 6.42 Å². The Bertz CT molecular complexity index is 602. The van der Waals surface area contributed by atoms with Crippen molar-refractivity contribution in [3.63, 3.8) is 0 Å². The van der Waals surface area contributed by atoms with Gasteiger partial charge in [-0.1, -0.05) is 90.4 Å². The van der Waals surface area contributed by atoms with Crippen molar-refractivity contribution in [3.8, 4) is 0 Å². The maximum absolute atomic E-state index is 11.8. The Balaban J connectivity index is 2.20. The number of rotatable bonds is 20. The number of aliphatic hydroxyl groups is 2. The van der Waals surface area contributed by atoms with Crippen LogP contribution in [0.2, 0.25) is 0 Å². The monoisotopic (exact) mass is 480 g/mol. The first-order valence-electron chi connectivity index (χ1n) is 11.9. The third kappa shape index (κ3) is 12.2. The summed E-state index contributed by atoms with van der Waals surface area (Å²) in [6, 6.07) is 0. The number of carbonyl (C=O) groups excluding carboxylic acids is 1. The Morgan fingerprint density at radius 2 is 1.38 bits per heavy atom. The van der Waals surface area contributed by atoms with Crippen molar-refractivity contribution in [2.45, 2.75) is 109 Å². The van der Waals surface area contributed by atoms with Crippen LogP contribution in [0.3, 0.4) is 0 Å². The van der Waals surface area contributed by atoms with E-state index in [1.54, 1.807) is 0 Å². The smallest absolute Gasteiger partial charge is 0.490 e. The van der Waals surface area contributed by atoms with Crippen molar-refractivity contribution < 1.29 is 43.4 Å². The van der Waals surface area contributed by atoms with E-state index in [1.807, 2.05) is 0 Å². The van der Waals surface area contributed by atoms with Gasteiger partial charge in [-0.25, -0.2) is 9.36 Å². The lowest BCUT2D eigenvalue weighted by molar-refractivity contribution is -0.148. The average molecular weight is 481 g/mol. The van der Waals surface area contributed by atoms with Crippen molar-refractivity contribution in [2.24, 2.45) is 0 Å². The highest BCUT2D eigenvalue weighted by Crippen LogP contribution is 2.42. The molecule has 0 bridgehead atoms. The van der Waals surface area contributed by atoms with Gasteiger partial charge < -0.3 is 24.2 Å². The normalized spacial score (nSPS) is 17.5. The van der Waals surface area contributed by atoms with Crippen LogP contribution in [0.15, 0.2) is 11.5 Å². The van der Waals surface area contributed by atoms with Crippen molar-refractivity contribution >= 4 is 13.8 Å². The number of phosphoric ester groups is 1. The predicted molar refractivity (Wildman–Crippen MR) is 119 cm³/mol. The van der Waals surface area contributed by atoms with Gasteiger partial charge in [0.25, 0.3) is 5.76 Å². The lowest BCUT2D eigenvalue weighted by Crippen LogP contribution is -2.32. The topological polar surface area (TPSA) is 143 Å². The van der Waals surface area contributed by atoms with Gasteiger partial charge >= 0.3 is 13.8 Å². The van der Waals surface area contributed by atoms with Gasteiger partial charge in [0.1, 0.15) is 6.10 Å². The second-order valence-corrected chi connectivity index (χ2v) is 9.46. The second-order valence-electron chi connectivity index (χ2n) is 8.30. The molecule has 1 heterocycles. The number of hydrogen-bond acceptors (Lipinski definition) is 7. The molecular weight excluding hydrogens is 439 g/mol. The maximum atomic E-state index is 11.8. The van der Waals surface area contributed by atoms with Crippen LogP contribution in [0.4, 0.5) is 0 Å². The van der Waals surface area contributed by atoms with E-state index in [9.17, 15) is 14.5 Å². The SMILES string of the molecule is CCCCCCCCCCCCCCCCOC1=C(OP(=O)(O)O)C(=O)O[C@@H]1[C@@H](O)CO. The van der Waals surface area contributed by atoms with Crippen molar-refractivity contribution in [1.82, 2.24) is 0 Å². The quantitative estimate of drug-likeness (QED) is 0.115. The summed E-state index contributed by atoms with van der Waals surface area (Å²) in [4.78, 5) is 29.8. The molecule has 9 nitrogen and oxygen atoms in total. The molecule has 0 aliphatic carbocycles. The minimum absolute atomic E-state index is 0.173. The minimum atomic E-state index is -5.01. The Hall–Kier alpha value is -1.12. The summed E-state index contributed by atoms with van der Waals surface area (Å²) in [6.45, 7) is 1.69. The van der Waals surface area contributed by atoms with E-state index in [1.165, 1.54) is 64.2 Å². The molecule has 0 saturated heterocycles. The van der Waals surface area contributed by atoms with E-state index in [0.717, 1.165) is 19.3 Å². The summed E-state index contributed by atoms with van der Waals surface area (Å²) < 4.78 is 25.8. The summed E-state index contributed by atoms with van der Waals surface area (Å²) in [5.41, 5.74) is 0. The van der Waals surface area contributed by atoms with E-state index in [4.69, 9.17) is 24.4 Å². The lowest BCUT2D eigenvalue weighted by atomic mass is 10.0. The van der Waals surface area contributed by atoms with Crippen molar-refractivity contribution in [2.75, 3.05) is 13.2 Å². The van der Waals surface area contributed by atoms with Crippen LogP contribution in [0, 0.1) is 0 Å². The molecule has 0 aromatic carbocycles. The van der Waals surface area contributed by atoms with Crippen LogP contribution >= 0.6 is 7.82 Å². The van der Waals surface area contributed by atoms with Gasteiger partial charge in [-0.15, -0.1) is 0 Å². The van der Waals surface area contributed by atoms with Crippen LogP contribution in [0.1, 0.15) is 96.8 Å². The highest BCUT2D eigenvalue weighted by atomic mass is 31.2. The third-order valence-electron chi connectivity index (χ3n) is 5.40. The summed E-state index contributed by atoms with van der Waals surface area (Å²) in [5, 5.41) is 18.9. The largest absolute Gasteiger partial charge is 0.525 e. The number of aliphatic hydroxyl groups excluding tert-OH is 2. The highest BCUT2D eigenvalue weighted by molar-refractivity contribution is 7.46. The molecule has 0 radical (unpaired) electrons. The molecule has 10 heteroatoms. The molecule has 1 rings (SSSR count). The van der Waals surface area contributed by atoms with Gasteiger partial charge in [-0.05, 0) is 6.42 Å². The zero-order valence-corrected chi connectivity index (χ0v) is 20.1. The molecule has 1 aliphatic heterocycles. The van der Waals surface area contributed by atoms with E-state index >= 15 is 0 Å². The van der Waals surface area contributed by atoms with Crippen LogP contribution in [0.25, 0.3) is 0 Å². The summed E-state index contributed by atoms with van der Waals surface area (Å²) in [6.07, 6.45) is 14.0. The molecule has 32 heavy (non-hydrogen) atoms. The molecule has 0 unspecified atom stereocenters. The van der Waals surface area contributed by atoms with E-state index in [2.05, 4.69) is 11.4 Å². The number of esters is 1. The molecule has 0 saturated carbocycles. The van der Waals surface area contributed by atoms with Crippen LogP contribution in [-0.4, -0.2) is 51.4 Å². The first-order chi connectivity index (χ1) is 15.3. The number of unbranched alkanes of at least 4 members (excludes halogenated alkanes) is 13. The standard InChI is InChI=1S/C22H41O9P/c1-2-3-4-5-6-7-8-9-10-11-12-13-14-15-16-29-20-19(18(24)17-23)30-22(25)21(20)31-32(26,27)28/h18-19,23-24H,2-17H2,1H3,(H2,26,27,28)/t18-,19+/m0/s1. The van der Waals surface area contributed by atoms with Gasteiger partial charge in [0.15, 0.2) is 11.9 Å². The molecule has 188 valence electrons. The summed E-state index contributed by atoms with van der Waals surface area (Å²) in [5.74, 6) is -2.21. The summed E-state index contributed by atoms with van der Waals surface area (Å²) >= 11 is 0. The Kier molecular flexibility index (Phi) is 14.9. The average Bonchev–Trinajstić information content (AvgIpc) is 3.04. The molecule has 0 spiro atoms. The highest BCUT2D eigenvalue weighted by Gasteiger charge is 2.44. The Morgan fingerprint density at radius 3 is 1.81 bits per heavy atom. The molecule has 1 aliphatic rings. The predicted octanol–water partition coefficient (Wildman–Crippen LogP) is 4.08. The van der Waals surface area contributed by atoms with E-state index in [-0.39, 0.29) is 12.4 Å². The zero-order valence-electron chi connectivity index (χ0n) is 19.2. The Labute approximate surface area is 191 Å². The fourth-order valence-electron chi connectivity index (χ4n) is 3.63. The number of cyclic esters (lactones) is 1. The third-order valence-corrected chi connectivity index (χ3v) is 5.82. The van der Waals surface area contributed by atoms with Gasteiger partial charge in [-0.3, -0.25) is 9.79 Å². The Morgan fingerprint density at radius 1 is 0.906 bits per heavy atom. The first kappa shape index (κ1) is 28.9. The van der Waals surface area contributed by atoms with Gasteiger partial charge in [0.05, 0.1) is 13.2 Å². The van der Waals surface area contributed by atoms with Gasteiger partial charge in [0, 0.05) is 0 Å². The molecule has 4 N–H and O–H groups in total. The molecule has 0 aromatic rings. The fourth-order valence-corrected chi connectivity index (χ4v) is 4.03. The number of hydrogen-bond donors (Lipinski definition) is 4. The lowest BCUT2D eigenvalue weighted by Gasteiger charge is -2.18.